The summed E-state index contributed by atoms with van der Waals surface area (Å²) in [6.45, 7) is 0.163. The number of carbonyl (C=O) groups excluding carboxylic acids is 2. The summed E-state index contributed by atoms with van der Waals surface area (Å²) in [6.07, 6.45) is 1.67. The first-order valence-electron chi connectivity index (χ1n) is 9.75. The average Bonchev–Trinajstić information content (AvgIpc) is 2.81. The van der Waals surface area contributed by atoms with Gasteiger partial charge in [0.1, 0.15) is 0 Å². The minimum atomic E-state index is -0.599. The molecule has 30 heavy (non-hydrogen) atoms. The van der Waals surface area contributed by atoms with Crippen LogP contribution < -0.4 is 5.32 Å². The number of nitrogens with one attached hydrogen (secondary N) is 1. The van der Waals surface area contributed by atoms with Crippen molar-refractivity contribution in [3.05, 3.63) is 95.6 Å². The first-order chi connectivity index (χ1) is 14.7. The van der Waals surface area contributed by atoms with Crippen LogP contribution in [-0.2, 0) is 16.0 Å². The molecule has 3 rings (SSSR count). The van der Waals surface area contributed by atoms with Crippen LogP contribution in [0.5, 0.6) is 0 Å². The van der Waals surface area contributed by atoms with Gasteiger partial charge in [0.05, 0.1) is 17.2 Å². The topological polar surface area (TPSA) is 79.2 Å². The second-order valence-corrected chi connectivity index (χ2v) is 6.72. The molecule has 0 saturated carbocycles. The van der Waals surface area contributed by atoms with E-state index in [1.165, 1.54) is 5.56 Å². The van der Waals surface area contributed by atoms with Crippen molar-refractivity contribution >= 4 is 11.9 Å². The molecule has 3 aromatic rings. The van der Waals surface area contributed by atoms with Crippen LogP contribution in [0, 0.1) is 11.3 Å². The fourth-order valence-corrected chi connectivity index (χ4v) is 3.14. The molecule has 1 amide bonds. The number of amides is 1. The molecular weight excluding hydrogens is 376 g/mol. The number of nitriles is 1. The lowest BCUT2D eigenvalue weighted by molar-refractivity contribution is -0.124. The summed E-state index contributed by atoms with van der Waals surface area (Å²) < 4.78 is 5.21. The highest BCUT2D eigenvalue weighted by atomic mass is 16.5. The molecule has 3 aromatic carbocycles. The second kappa shape index (κ2) is 10.6. The third-order valence-corrected chi connectivity index (χ3v) is 4.63. The number of nitrogens with zero attached hydrogens (tertiary/aromatic N) is 1. The van der Waals surface area contributed by atoms with Gasteiger partial charge in [-0.05, 0) is 36.1 Å². The lowest BCUT2D eigenvalue weighted by Crippen LogP contribution is -2.29. The number of aryl methyl sites for hydroxylation is 1. The number of carbonyl (C=O) groups is 2. The summed E-state index contributed by atoms with van der Waals surface area (Å²) in [5, 5.41) is 12.1. The lowest BCUT2D eigenvalue weighted by atomic mass is 9.96. The molecule has 0 unspecified atom stereocenters. The minimum absolute atomic E-state index is 0.317. The molecule has 0 atom stereocenters. The Bertz CT molecular complexity index is 1060. The van der Waals surface area contributed by atoms with Gasteiger partial charge in [-0.2, -0.15) is 5.26 Å². The molecule has 0 fully saturated rings. The molecule has 0 aliphatic carbocycles. The molecule has 0 aliphatic heterocycles. The van der Waals surface area contributed by atoms with Crippen molar-refractivity contribution in [1.29, 1.82) is 5.26 Å². The first kappa shape index (κ1) is 20.8. The smallest absolute Gasteiger partial charge is 0.339 e. The van der Waals surface area contributed by atoms with Crippen LogP contribution in [0.25, 0.3) is 11.1 Å². The Labute approximate surface area is 175 Å². The van der Waals surface area contributed by atoms with Crippen LogP contribution in [-0.4, -0.2) is 25.0 Å². The van der Waals surface area contributed by atoms with Gasteiger partial charge in [-0.25, -0.2) is 4.79 Å². The third-order valence-electron chi connectivity index (χ3n) is 4.63. The SMILES string of the molecule is N#Cc1ccccc1-c1ccccc1C(=O)OCC(=O)NCCCc1ccccc1. The van der Waals surface area contributed by atoms with Crippen LogP contribution in [0.15, 0.2) is 78.9 Å². The molecule has 0 aromatic heterocycles. The van der Waals surface area contributed by atoms with Gasteiger partial charge in [-0.15, -0.1) is 0 Å². The van der Waals surface area contributed by atoms with Crippen LogP contribution in [0.4, 0.5) is 0 Å². The molecule has 5 nitrogen and oxygen atoms in total. The Hall–Kier alpha value is -3.91. The monoisotopic (exact) mass is 398 g/mol. The highest BCUT2D eigenvalue weighted by molar-refractivity contribution is 5.98. The summed E-state index contributed by atoms with van der Waals surface area (Å²) in [5.74, 6) is -0.941. The van der Waals surface area contributed by atoms with E-state index in [0.717, 1.165) is 12.8 Å². The molecule has 0 spiro atoms. The Morgan fingerprint density at radius 1 is 0.867 bits per heavy atom. The predicted molar refractivity (Wildman–Crippen MR) is 115 cm³/mol. The van der Waals surface area contributed by atoms with Gasteiger partial charge in [0.25, 0.3) is 5.91 Å². The van der Waals surface area contributed by atoms with Gasteiger partial charge in [0, 0.05) is 12.1 Å². The normalized spacial score (nSPS) is 10.1. The lowest BCUT2D eigenvalue weighted by Gasteiger charge is -2.11. The largest absolute Gasteiger partial charge is 0.452 e. The fraction of sp³-hybridized carbons (Fsp3) is 0.160. The van der Waals surface area contributed by atoms with E-state index in [1.807, 2.05) is 30.3 Å². The number of rotatable bonds is 8. The van der Waals surface area contributed by atoms with Gasteiger partial charge in [-0.1, -0.05) is 66.7 Å². The van der Waals surface area contributed by atoms with E-state index in [0.29, 0.717) is 28.8 Å². The standard InChI is InChI=1S/C25H22N2O3/c26-17-20-12-4-5-13-21(20)22-14-6-7-15-23(22)25(29)30-18-24(28)27-16-8-11-19-9-2-1-3-10-19/h1-7,9-10,12-15H,8,11,16,18H2,(H,27,28). The number of benzene rings is 3. The van der Waals surface area contributed by atoms with Crippen molar-refractivity contribution in [2.45, 2.75) is 12.8 Å². The summed E-state index contributed by atoms with van der Waals surface area (Å²) >= 11 is 0. The van der Waals surface area contributed by atoms with Crippen molar-refractivity contribution < 1.29 is 14.3 Å². The van der Waals surface area contributed by atoms with E-state index in [9.17, 15) is 14.9 Å². The van der Waals surface area contributed by atoms with E-state index < -0.39 is 5.97 Å². The Morgan fingerprint density at radius 3 is 2.30 bits per heavy atom. The van der Waals surface area contributed by atoms with Gasteiger partial charge < -0.3 is 10.1 Å². The van der Waals surface area contributed by atoms with E-state index >= 15 is 0 Å². The van der Waals surface area contributed by atoms with Crippen LogP contribution >= 0.6 is 0 Å². The Kier molecular flexibility index (Phi) is 7.34. The predicted octanol–water partition coefficient (Wildman–Crippen LogP) is 4.13. The maximum Gasteiger partial charge on any atom is 0.339 e. The minimum Gasteiger partial charge on any atom is -0.452 e. The van der Waals surface area contributed by atoms with E-state index in [2.05, 4.69) is 11.4 Å². The molecule has 0 bridgehead atoms. The fourth-order valence-electron chi connectivity index (χ4n) is 3.14. The zero-order valence-corrected chi connectivity index (χ0v) is 16.5. The molecule has 0 radical (unpaired) electrons. The van der Waals surface area contributed by atoms with E-state index in [1.54, 1.807) is 48.5 Å². The number of esters is 1. The third kappa shape index (κ3) is 5.55. The zero-order valence-electron chi connectivity index (χ0n) is 16.5. The van der Waals surface area contributed by atoms with Crippen molar-refractivity contribution in [2.75, 3.05) is 13.2 Å². The average molecular weight is 398 g/mol. The first-order valence-corrected chi connectivity index (χ1v) is 9.75. The zero-order chi connectivity index (χ0) is 21.2. The highest BCUT2D eigenvalue weighted by Crippen LogP contribution is 2.27. The number of hydrogen-bond acceptors (Lipinski definition) is 4. The van der Waals surface area contributed by atoms with Gasteiger partial charge in [0.2, 0.25) is 0 Å². The highest BCUT2D eigenvalue weighted by Gasteiger charge is 2.17. The summed E-state index contributed by atoms with van der Waals surface area (Å²) in [5.41, 5.74) is 3.25. The van der Waals surface area contributed by atoms with E-state index in [-0.39, 0.29) is 12.5 Å². The number of hydrogen-bond donors (Lipinski definition) is 1. The van der Waals surface area contributed by atoms with Crippen LogP contribution in [0.2, 0.25) is 0 Å². The summed E-state index contributed by atoms with van der Waals surface area (Å²) in [4.78, 5) is 24.6. The van der Waals surface area contributed by atoms with Crippen molar-refractivity contribution in [2.24, 2.45) is 0 Å². The summed E-state index contributed by atoms with van der Waals surface area (Å²) in [6, 6.07) is 26.1. The van der Waals surface area contributed by atoms with Crippen molar-refractivity contribution in [3.63, 3.8) is 0 Å². The molecule has 1 N–H and O–H groups in total. The van der Waals surface area contributed by atoms with E-state index in [4.69, 9.17) is 4.74 Å². The quantitative estimate of drug-likeness (QED) is 0.457. The Morgan fingerprint density at radius 2 is 1.53 bits per heavy atom. The van der Waals surface area contributed by atoms with Gasteiger partial charge in [-0.3, -0.25) is 4.79 Å². The molecule has 150 valence electrons. The molecule has 5 heteroatoms. The van der Waals surface area contributed by atoms with Gasteiger partial charge in [0.15, 0.2) is 6.61 Å². The molecule has 0 aliphatic rings. The second-order valence-electron chi connectivity index (χ2n) is 6.72. The van der Waals surface area contributed by atoms with Crippen LogP contribution in [0.3, 0.4) is 0 Å². The summed E-state index contributed by atoms with van der Waals surface area (Å²) in [7, 11) is 0. The molecule has 0 heterocycles. The van der Waals surface area contributed by atoms with Crippen molar-refractivity contribution in [3.8, 4) is 17.2 Å². The molecular formula is C25H22N2O3. The van der Waals surface area contributed by atoms with Gasteiger partial charge >= 0.3 is 5.97 Å². The number of ether oxygens (including phenoxy) is 1. The molecule has 0 saturated heterocycles. The maximum absolute atomic E-state index is 12.6. The Balaban J connectivity index is 1.54. The van der Waals surface area contributed by atoms with Crippen LogP contribution in [0.1, 0.15) is 27.9 Å². The maximum atomic E-state index is 12.6. The van der Waals surface area contributed by atoms with Crippen molar-refractivity contribution in [1.82, 2.24) is 5.32 Å².